The molecule has 0 spiro atoms. The molecule has 0 saturated heterocycles. The highest BCUT2D eigenvalue weighted by molar-refractivity contribution is 9.10. The first-order valence-corrected chi connectivity index (χ1v) is 9.80. The maximum absolute atomic E-state index is 11.5. The van der Waals surface area contributed by atoms with E-state index in [4.69, 9.17) is 9.47 Å². The summed E-state index contributed by atoms with van der Waals surface area (Å²) < 4.78 is 12.1. The van der Waals surface area contributed by atoms with E-state index in [0.717, 1.165) is 10.2 Å². The van der Waals surface area contributed by atoms with Gasteiger partial charge in [-0.2, -0.15) is 0 Å². The standard InChI is InChI=1S/C9H9BrN2O2.C9H8BrNO2/c1-5-9(13)12(2)6-3-4-7(10)11-8(6)14-5;1-5-7(12)4-6-2-3-8(10)11-9(6)13-5/h3-5H,1-2H3;2-3,5H,4H2,1H3. The molecule has 2 aromatic heterocycles. The Morgan fingerprint density at radius 3 is 2.26 bits per heavy atom. The minimum Gasteiger partial charge on any atom is -0.466 e. The lowest BCUT2D eigenvalue weighted by atomic mass is 10.0. The van der Waals surface area contributed by atoms with E-state index in [1.54, 1.807) is 37.9 Å². The molecule has 2 aliphatic heterocycles. The zero-order valence-electron chi connectivity index (χ0n) is 14.9. The van der Waals surface area contributed by atoms with Crippen LogP contribution in [0.25, 0.3) is 0 Å². The fraction of sp³-hybridized carbons (Fsp3) is 0.333. The fourth-order valence-electron chi connectivity index (χ4n) is 2.61. The lowest BCUT2D eigenvalue weighted by Gasteiger charge is -2.29. The van der Waals surface area contributed by atoms with Gasteiger partial charge in [0.1, 0.15) is 14.9 Å². The Balaban J connectivity index is 0.000000156. The van der Waals surface area contributed by atoms with Crippen molar-refractivity contribution in [1.82, 2.24) is 9.97 Å². The van der Waals surface area contributed by atoms with Crippen molar-refractivity contribution >= 4 is 49.2 Å². The molecular formula is C18H17Br2N3O4. The van der Waals surface area contributed by atoms with Gasteiger partial charge in [-0.15, -0.1) is 0 Å². The summed E-state index contributed by atoms with van der Waals surface area (Å²) in [6.45, 7) is 3.46. The van der Waals surface area contributed by atoms with Crippen LogP contribution in [0.3, 0.4) is 0 Å². The van der Waals surface area contributed by atoms with Gasteiger partial charge in [-0.3, -0.25) is 9.59 Å². The van der Waals surface area contributed by atoms with E-state index >= 15 is 0 Å². The molecule has 0 aromatic carbocycles. The summed E-state index contributed by atoms with van der Waals surface area (Å²) in [6.07, 6.45) is -0.403. The summed E-state index contributed by atoms with van der Waals surface area (Å²) in [5, 5.41) is 0. The van der Waals surface area contributed by atoms with Crippen LogP contribution in [0.2, 0.25) is 0 Å². The summed E-state index contributed by atoms with van der Waals surface area (Å²) in [6, 6.07) is 7.25. The molecular weight excluding hydrogens is 482 g/mol. The van der Waals surface area contributed by atoms with Crippen molar-refractivity contribution in [1.29, 1.82) is 0 Å². The van der Waals surface area contributed by atoms with Crippen LogP contribution in [0.15, 0.2) is 33.5 Å². The molecule has 4 rings (SSSR count). The smallest absolute Gasteiger partial charge is 0.267 e. The van der Waals surface area contributed by atoms with E-state index in [9.17, 15) is 9.59 Å². The number of anilines is 1. The molecule has 0 aliphatic carbocycles. The first-order chi connectivity index (χ1) is 12.8. The van der Waals surface area contributed by atoms with Crippen LogP contribution in [0, 0.1) is 0 Å². The number of Topliss-reactive ketones (excluding diaryl/α,β-unsaturated/α-hetero) is 1. The summed E-state index contributed by atoms with van der Waals surface area (Å²) in [5.74, 6) is 1.12. The van der Waals surface area contributed by atoms with Crippen molar-refractivity contribution in [2.24, 2.45) is 0 Å². The molecule has 2 unspecified atom stereocenters. The Morgan fingerprint density at radius 2 is 1.56 bits per heavy atom. The predicted molar refractivity (Wildman–Crippen MR) is 106 cm³/mol. The van der Waals surface area contributed by atoms with Crippen molar-refractivity contribution in [3.05, 3.63) is 39.0 Å². The molecule has 9 heteroatoms. The van der Waals surface area contributed by atoms with E-state index in [1.165, 1.54) is 0 Å². The van der Waals surface area contributed by atoms with Crippen molar-refractivity contribution in [2.75, 3.05) is 11.9 Å². The predicted octanol–water partition coefficient (Wildman–Crippen LogP) is 3.32. The van der Waals surface area contributed by atoms with Gasteiger partial charge in [0, 0.05) is 19.0 Å². The van der Waals surface area contributed by atoms with Crippen LogP contribution in [-0.2, 0) is 16.0 Å². The van der Waals surface area contributed by atoms with E-state index in [0.29, 0.717) is 28.5 Å². The minimum atomic E-state index is -0.464. The number of fused-ring (bicyclic) bond motifs is 2. The molecule has 0 radical (unpaired) electrons. The number of carbonyl (C=O) groups is 2. The number of aromatic nitrogens is 2. The van der Waals surface area contributed by atoms with Crippen molar-refractivity contribution in [2.45, 2.75) is 32.5 Å². The van der Waals surface area contributed by atoms with Crippen molar-refractivity contribution in [3.63, 3.8) is 0 Å². The van der Waals surface area contributed by atoms with Crippen LogP contribution in [0.1, 0.15) is 19.4 Å². The first kappa shape index (κ1) is 19.8. The first-order valence-electron chi connectivity index (χ1n) is 8.22. The number of hydrogen-bond donors (Lipinski definition) is 0. The minimum absolute atomic E-state index is 0.0541. The summed E-state index contributed by atoms with van der Waals surface area (Å²) in [4.78, 5) is 32.7. The Kier molecular flexibility index (Phi) is 5.81. The van der Waals surface area contributed by atoms with Gasteiger partial charge in [0.05, 0.1) is 0 Å². The van der Waals surface area contributed by atoms with E-state index in [-0.39, 0.29) is 17.8 Å². The Labute approximate surface area is 173 Å². The number of nitrogens with zero attached hydrogens (tertiary/aromatic N) is 3. The topological polar surface area (TPSA) is 81.6 Å². The van der Waals surface area contributed by atoms with Crippen molar-refractivity contribution in [3.8, 4) is 11.8 Å². The van der Waals surface area contributed by atoms with Gasteiger partial charge in [-0.05, 0) is 63.9 Å². The molecule has 7 nitrogen and oxygen atoms in total. The van der Waals surface area contributed by atoms with Gasteiger partial charge in [0.15, 0.2) is 18.0 Å². The highest BCUT2D eigenvalue weighted by atomic mass is 79.9. The second-order valence-corrected chi connectivity index (χ2v) is 7.74. The third-order valence-corrected chi connectivity index (χ3v) is 5.03. The third-order valence-electron chi connectivity index (χ3n) is 4.15. The zero-order valence-corrected chi connectivity index (χ0v) is 18.1. The Bertz CT molecular complexity index is 906. The number of amides is 1. The highest BCUT2D eigenvalue weighted by Gasteiger charge is 2.29. The van der Waals surface area contributed by atoms with Gasteiger partial charge < -0.3 is 14.4 Å². The maximum Gasteiger partial charge on any atom is 0.267 e. The summed E-state index contributed by atoms with van der Waals surface area (Å²) in [5.41, 5.74) is 1.57. The van der Waals surface area contributed by atoms with Crippen molar-refractivity contribution < 1.29 is 19.1 Å². The van der Waals surface area contributed by atoms with E-state index < -0.39 is 6.10 Å². The Morgan fingerprint density at radius 1 is 0.963 bits per heavy atom. The van der Waals surface area contributed by atoms with Gasteiger partial charge in [0.2, 0.25) is 11.8 Å². The second-order valence-electron chi connectivity index (χ2n) is 6.12. The van der Waals surface area contributed by atoms with Crippen LogP contribution in [0.4, 0.5) is 5.69 Å². The summed E-state index contributed by atoms with van der Waals surface area (Å²) >= 11 is 6.50. The maximum atomic E-state index is 11.5. The highest BCUT2D eigenvalue weighted by Crippen LogP contribution is 2.32. The van der Waals surface area contributed by atoms with Crippen LogP contribution in [0.5, 0.6) is 11.8 Å². The van der Waals surface area contributed by atoms with E-state index in [2.05, 4.69) is 41.8 Å². The average molecular weight is 499 g/mol. The lowest BCUT2D eigenvalue weighted by molar-refractivity contribution is -0.126. The molecule has 2 aromatic rings. The fourth-order valence-corrected chi connectivity index (χ4v) is 3.20. The van der Waals surface area contributed by atoms with Gasteiger partial charge in [-0.1, -0.05) is 6.07 Å². The number of rotatable bonds is 0. The molecule has 0 saturated carbocycles. The number of carbonyl (C=O) groups excluding carboxylic acids is 2. The molecule has 0 N–H and O–H groups in total. The molecule has 2 atom stereocenters. The molecule has 142 valence electrons. The van der Waals surface area contributed by atoms with Crippen LogP contribution >= 0.6 is 31.9 Å². The average Bonchev–Trinajstić information content (AvgIpc) is 2.61. The second kappa shape index (κ2) is 7.93. The molecule has 27 heavy (non-hydrogen) atoms. The largest absolute Gasteiger partial charge is 0.466 e. The molecule has 0 fully saturated rings. The van der Waals surface area contributed by atoms with Gasteiger partial charge >= 0.3 is 0 Å². The number of ketones is 1. The van der Waals surface area contributed by atoms with Crippen LogP contribution < -0.4 is 14.4 Å². The molecule has 4 heterocycles. The van der Waals surface area contributed by atoms with E-state index in [1.807, 2.05) is 12.1 Å². The van der Waals surface area contributed by atoms with Gasteiger partial charge in [0.25, 0.3) is 5.91 Å². The molecule has 0 bridgehead atoms. The normalized spacial score (nSPS) is 20.6. The number of pyridine rings is 2. The quantitative estimate of drug-likeness (QED) is 0.518. The third kappa shape index (κ3) is 4.30. The summed E-state index contributed by atoms with van der Waals surface area (Å²) in [7, 11) is 1.72. The Hall–Kier alpha value is -2.00. The number of halogens is 2. The SMILES string of the molecule is CC1Oc2nc(Br)ccc2CC1=O.CC1Oc2nc(Br)ccc2N(C)C1=O. The molecule has 2 aliphatic rings. The monoisotopic (exact) mass is 497 g/mol. The van der Waals surface area contributed by atoms with Gasteiger partial charge in [-0.25, -0.2) is 9.97 Å². The molecule has 1 amide bonds. The number of hydrogen-bond acceptors (Lipinski definition) is 6. The zero-order chi connectivity index (χ0) is 19.7. The number of likely N-dealkylation sites (N-methyl/N-ethyl adjacent to an activating group) is 1. The lowest BCUT2D eigenvalue weighted by Crippen LogP contribution is -2.42. The van der Waals surface area contributed by atoms with Crippen LogP contribution in [-0.4, -0.2) is 40.9 Å². The number of ether oxygens (including phenoxy) is 2.